The molecule has 0 aliphatic heterocycles. The summed E-state index contributed by atoms with van der Waals surface area (Å²) in [6.45, 7) is 1.11. The first-order valence-electron chi connectivity index (χ1n) is 8.93. The molecular formula is C18H21N5O5S2. The number of aromatic nitrogens is 3. The number of aryl methyl sites for hydroxylation is 1. The molecule has 2 aromatic heterocycles. The minimum absolute atomic E-state index is 0.0718. The highest BCUT2D eigenvalue weighted by Gasteiger charge is 2.24. The molecule has 0 aliphatic carbocycles. The number of thiazole rings is 1. The smallest absolute Gasteiger partial charge is 0.321 e. The number of sulfonamides is 1. The number of carbonyl (C=O) groups is 2. The summed E-state index contributed by atoms with van der Waals surface area (Å²) in [5.41, 5.74) is 0.860. The average Bonchev–Trinajstić information content (AvgIpc) is 3.31. The van der Waals surface area contributed by atoms with Crippen molar-refractivity contribution in [2.24, 2.45) is 7.05 Å². The normalized spacial score (nSPS) is 12.6. The van der Waals surface area contributed by atoms with E-state index in [-0.39, 0.29) is 11.4 Å². The molecule has 0 radical (unpaired) electrons. The third-order valence-corrected chi connectivity index (χ3v) is 6.52. The monoisotopic (exact) mass is 451 g/mol. The van der Waals surface area contributed by atoms with Crippen molar-refractivity contribution in [3.63, 3.8) is 0 Å². The molecule has 1 atom stereocenters. The maximum absolute atomic E-state index is 12.5. The molecule has 160 valence electrons. The highest BCUT2D eigenvalue weighted by Crippen LogP contribution is 2.22. The summed E-state index contributed by atoms with van der Waals surface area (Å²) in [6.07, 6.45) is 1.40. The van der Waals surface area contributed by atoms with Gasteiger partial charge >= 0.3 is 5.97 Å². The largest absolute Gasteiger partial charge is 0.452 e. The van der Waals surface area contributed by atoms with Gasteiger partial charge in [0.2, 0.25) is 10.0 Å². The molecule has 1 aromatic carbocycles. The third-order valence-electron chi connectivity index (χ3n) is 4.14. The predicted octanol–water partition coefficient (Wildman–Crippen LogP) is 0.898. The highest BCUT2D eigenvalue weighted by molar-refractivity contribution is 7.89. The summed E-state index contributed by atoms with van der Waals surface area (Å²) in [4.78, 5) is 30.3. The first-order valence-corrected chi connectivity index (χ1v) is 11.2. The van der Waals surface area contributed by atoms with E-state index < -0.39 is 34.5 Å². The van der Waals surface area contributed by atoms with Gasteiger partial charge in [-0.05, 0) is 19.1 Å². The Bertz CT molecular complexity index is 1140. The van der Waals surface area contributed by atoms with Crippen LogP contribution >= 0.6 is 11.3 Å². The molecule has 0 spiro atoms. The molecule has 0 fully saturated rings. The molecule has 0 aliphatic rings. The molecule has 1 unspecified atom stereocenters. The second kappa shape index (κ2) is 8.90. The van der Waals surface area contributed by atoms with Gasteiger partial charge in [0.25, 0.3) is 5.91 Å². The van der Waals surface area contributed by atoms with E-state index in [1.165, 1.54) is 34.0 Å². The number of nitrogens with zero attached hydrogens (tertiary/aromatic N) is 4. The zero-order chi connectivity index (χ0) is 21.9. The van der Waals surface area contributed by atoms with Gasteiger partial charge in [-0.2, -0.15) is 9.82 Å². The lowest BCUT2D eigenvalue weighted by molar-refractivity contribution is -0.157. The van der Waals surface area contributed by atoms with Crippen LogP contribution in [0.2, 0.25) is 0 Å². The molecule has 12 heteroatoms. The minimum Gasteiger partial charge on any atom is -0.452 e. The van der Waals surface area contributed by atoms with Crippen LogP contribution in [-0.4, -0.2) is 59.7 Å². The van der Waals surface area contributed by atoms with Gasteiger partial charge < -0.3 is 9.64 Å². The van der Waals surface area contributed by atoms with E-state index in [9.17, 15) is 18.0 Å². The fraction of sp³-hybridized carbons (Fsp3) is 0.333. The van der Waals surface area contributed by atoms with Crippen LogP contribution in [0.5, 0.6) is 0 Å². The van der Waals surface area contributed by atoms with Crippen LogP contribution in [0.1, 0.15) is 11.9 Å². The van der Waals surface area contributed by atoms with Gasteiger partial charge in [0, 0.05) is 20.3 Å². The Labute approximate surface area is 177 Å². The van der Waals surface area contributed by atoms with Crippen LogP contribution in [0, 0.1) is 0 Å². The lowest BCUT2D eigenvalue weighted by Gasteiger charge is -2.20. The van der Waals surface area contributed by atoms with Gasteiger partial charge in [0.1, 0.15) is 16.4 Å². The summed E-state index contributed by atoms with van der Waals surface area (Å²) < 4.78 is 33.8. The van der Waals surface area contributed by atoms with Gasteiger partial charge in [0.15, 0.2) is 6.10 Å². The van der Waals surface area contributed by atoms with Crippen LogP contribution in [0.4, 0.5) is 0 Å². The summed E-state index contributed by atoms with van der Waals surface area (Å²) >= 11 is 1.48. The zero-order valence-electron chi connectivity index (χ0n) is 16.6. The van der Waals surface area contributed by atoms with Crippen LogP contribution in [-0.2, 0) is 37.9 Å². The number of para-hydroxylation sites is 1. The number of hydrogen-bond donors (Lipinski definition) is 1. The topological polar surface area (TPSA) is 123 Å². The Balaban J connectivity index is 1.52. The molecule has 3 rings (SSSR count). The quantitative estimate of drug-likeness (QED) is 0.505. The number of benzene rings is 1. The van der Waals surface area contributed by atoms with E-state index in [1.54, 1.807) is 14.1 Å². The van der Waals surface area contributed by atoms with Crippen molar-refractivity contribution in [3.05, 3.63) is 41.7 Å². The van der Waals surface area contributed by atoms with Crippen LogP contribution in [0.3, 0.4) is 0 Å². The van der Waals surface area contributed by atoms with E-state index >= 15 is 0 Å². The molecule has 0 bridgehead atoms. The van der Waals surface area contributed by atoms with E-state index in [1.807, 2.05) is 24.3 Å². The average molecular weight is 452 g/mol. The summed E-state index contributed by atoms with van der Waals surface area (Å²) in [7, 11) is -0.735. The Morgan fingerprint density at radius 3 is 2.73 bits per heavy atom. The van der Waals surface area contributed by atoms with Crippen LogP contribution < -0.4 is 4.72 Å². The second-order valence-corrected chi connectivity index (χ2v) is 9.46. The van der Waals surface area contributed by atoms with Crippen molar-refractivity contribution in [2.45, 2.75) is 24.5 Å². The van der Waals surface area contributed by atoms with Crippen molar-refractivity contribution < 1.29 is 22.7 Å². The third kappa shape index (κ3) is 5.20. The summed E-state index contributed by atoms with van der Waals surface area (Å²) in [5.74, 6) is -1.28. The Morgan fingerprint density at radius 1 is 1.33 bits per heavy atom. The fourth-order valence-corrected chi connectivity index (χ4v) is 4.62. The molecule has 1 amide bonds. The number of ether oxygens (including phenoxy) is 1. The number of fused-ring (bicyclic) bond motifs is 1. The molecule has 0 saturated heterocycles. The molecule has 0 saturated carbocycles. The van der Waals surface area contributed by atoms with Crippen molar-refractivity contribution in [1.29, 1.82) is 0 Å². The maximum atomic E-state index is 12.5. The lowest BCUT2D eigenvalue weighted by Crippen LogP contribution is -2.39. The highest BCUT2D eigenvalue weighted by atomic mass is 32.2. The van der Waals surface area contributed by atoms with Gasteiger partial charge in [-0.1, -0.05) is 12.1 Å². The van der Waals surface area contributed by atoms with E-state index in [0.717, 1.165) is 21.4 Å². The van der Waals surface area contributed by atoms with E-state index in [2.05, 4.69) is 14.8 Å². The molecule has 10 nitrogen and oxygen atoms in total. The first kappa shape index (κ1) is 21.9. The lowest BCUT2D eigenvalue weighted by atomic mass is 10.3. The van der Waals surface area contributed by atoms with Gasteiger partial charge in [0.05, 0.1) is 23.0 Å². The number of amides is 1. The SMILES string of the molecule is CC(OC(=O)CNS(=O)(=O)c1cnn(C)c1)C(=O)N(C)Cc1nc2ccccc2s1. The minimum atomic E-state index is -3.90. The Hall–Kier alpha value is -2.83. The van der Waals surface area contributed by atoms with Gasteiger partial charge in [-0.3, -0.25) is 14.3 Å². The standard InChI is InChI=1S/C18H21N5O5S2/c1-12(28-17(24)9-20-30(26,27)13-8-19-23(3)10-13)18(25)22(2)11-16-21-14-6-4-5-7-15(14)29-16/h4-8,10,12,20H,9,11H2,1-3H3. The van der Waals surface area contributed by atoms with Crippen molar-refractivity contribution in [1.82, 2.24) is 24.4 Å². The Kier molecular flexibility index (Phi) is 6.48. The zero-order valence-corrected chi connectivity index (χ0v) is 18.2. The van der Waals surface area contributed by atoms with Crippen LogP contribution in [0.25, 0.3) is 10.2 Å². The number of esters is 1. The fourth-order valence-electron chi connectivity index (χ4n) is 2.64. The van der Waals surface area contributed by atoms with Crippen molar-refractivity contribution in [3.8, 4) is 0 Å². The van der Waals surface area contributed by atoms with Gasteiger partial charge in [-0.25, -0.2) is 13.4 Å². The summed E-state index contributed by atoms with van der Waals surface area (Å²) in [6, 6.07) is 7.66. The number of nitrogens with one attached hydrogen (secondary N) is 1. The second-order valence-electron chi connectivity index (χ2n) is 6.58. The molecule has 3 aromatic rings. The first-order chi connectivity index (χ1) is 14.2. The molecule has 30 heavy (non-hydrogen) atoms. The number of likely N-dealkylation sites (N-methyl/N-ethyl adjacent to an activating group) is 1. The van der Waals surface area contributed by atoms with Gasteiger partial charge in [-0.15, -0.1) is 11.3 Å². The number of rotatable bonds is 8. The summed E-state index contributed by atoms with van der Waals surface area (Å²) in [5, 5.41) is 4.54. The maximum Gasteiger partial charge on any atom is 0.321 e. The molecular weight excluding hydrogens is 430 g/mol. The predicted molar refractivity (Wildman–Crippen MR) is 110 cm³/mol. The van der Waals surface area contributed by atoms with Crippen molar-refractivity contribution in [2.75, 3.05) is 13.6 Å². The molecule has 2 heterocycles. The van der Waals surface area contributed by atoms with Crippen molar-refractivity contribution >= 4 is 43.5 Å². The van der Waals surface area contributed by atoms with E-state index in [4.69, 9.17) is 4.74 Å². The number of carbonyl (C=O) groups excluding carboxylic acids is 2. The Morgan fingerprint density at radius 2 is 2.07 bits per heavy atom. The number of hydrogen-bond acceptors (Lipinski definition) is 8. The molecule has 1 N–H and O–H groups in total. The van der Waals surface area contributed by atoms with Crippen LogP contribution in [0.15, 0.2) is 41.6 Å². The van der Waals surface area contributed by atoms with E-state index in [0.29, 0.717) is 0 Å².